The largest absolute Gasteiger partial charge is 0.489 e. The molecule has 1 aliphatic rings. The van der Waals surface area contributed by atoms with Gasteiger partial charge in [-0.1, -0.05) is 13.0 Å². The maximum Gasteiger partial charge on any atom is 0.120 e. The molecule has 0 saturated heterocycles. The highest BCUT2D eigenvalue weighted by Gasteiger charge is 2.16. The monoisotopic (exact) mass is 233 g/mol. The van der Waals surface area contributed by atoms with Crippen molar-refractivity contribution in [2.75, 3.05) is 7.05 Å². The van der Waals surface area contributed by atoms with Crippen molar-refractivity contribution < 1.29 is 4.74 Å². The molecule has 0 aromatic heterocycles. The van der Waals surface area contributed by atoms with Crippen molar-refractivity contribution in [3.63, 3.8) is 0 Å². The van der Waals surface area contributed by atoms with Crippen LogP contribution in [0.1, 0.15) is 37.8 Å². The van der Waals surface area contributed by atoms with Gasteiger partial charge in [0.15, 0.2) is 0 Å². The van der Waals surface area contributed by atoms with Gasteiger partial charge in [-0.15, -0.1) is 0 Å². The zero-order chi connectivity index (χ0) is 12.3. The molecule has 1 aromatic rings. The third kappa shape index (κ3) is 2.81. The van der Waals surface area contributed by atoms with E-state index in [0.717, 1.165) is 12.2 Å². The number of likely N-dealkylation sites (N-methyl/N-ethyl adjacent to an activating group) is 1. The van der Waals surface area contributed by atoms with E-state index in [1.807, 2.05) is 7.05 Å². The first-order chi connectivity index (χ1) is 8.24. The second-order valence-corrected chi connectivity index (χ2v) is 4.91. The summed E-state index contributed by atoms with van der Waals surface area (Å²) in [5, 5.41) is 3.30. The van der Waals surface area contributed by atoms with Crippen LogP contribution >= 0.6 is 0 Å². The molecule has 94 valence electrons. The third-order valence-corrected chi connectivity index (χ3v) is 3.77. The Bertz CT molecular complexity index is 371. The molecule has 0 amide bonds. The van der Waals surface area contributed by atoms with Crippen molar-refractivity contribution >= 4 is 0 Å². The average Bonchev–Trinajstić information content (AvgIpc) is 2.77. The summed E-state index contributed by atoms with van der Waals surface area (Å²) in [6, 6.07) is 6.98. The van der Waals surface area contributed by atoms with E-state index in [1.165, 1.54) is 30.4 Å². The minimum Gasteiger partial charge on any atom is -0.489 e. The van der Waals surface area contributed by atoms with Crippen LogP contribution in [0.25, 0.3) is 0 Å². The number of ether oxygens (including phenoxy) is 1. The van der Waals surface area contributed by atoms with Gasteiger partial charge >= 0.3 is 0 Å². The lowest BCUT2D eigenvalue weighted by Crippen LogP contribution is -2.38. The van der Waals surface area contributed by atoms with Crippen LogP contribution in [-0.4, -0.2) is 19.2 Å². The Labute approximate surface area is 104 Å². The van der Waals surface area contributed by atoms with Gasteiger partial charge in [0.05, 0.1) is 0 Å². The Balaban J connectivity index is 2.03. The summed E-state index contributed by atoms with van der Waals surface area (Å²) in [5.74, 6) is 1.02. The van der Waals surface area contributed by atoms with Gasteiger partial charge in [0.1, 0.15) is 11.9 Å². The first-order valence-electron chi connectivity index (χ1n) is 6.70. The fraction of sp³-hybridized carbons (Fsp3) is 0.600. The molecule has 0 saturated carbocycles. The summed E-state index contributed by atoms with van der Waals surface area (Å²) >= 11 is 0. The van der Waals surface area contributed by atoms with E-state index in [-0.39, 0.29) is 6.10 Å². The van der Waals surface area contributed by atoms with Crippen LogP contribution in [0.4, 0.5) is 0 Å². The molecule has 0 fully saturated rings. The number of benzene rings is 1. The molecule has 2 nitrogen and oxygen atoms in total. The predicted octanol–water partition coefficient (Wildman–Crippen LogP) is 2.94. The Morgan fingerprint density at radius 3 is 2.76 bits per heavy atom. The van der Waals surface area contributed by atoms with E-state index >= 15 is 0 Å². The average molecular weight is 233 g/mol. The number of nitrogens with one attached hydrogen (secondary N) is 1. The first kappa shape index (κ1) is 12.4. The smallest absolute Gasteiger partial charge is 0.120 e. The zero-order valence-corrected chi connectivity index (χ0v) is 11.1. The van der Waals surface area contributed by atoms with Crippen LogP contribution in [-0.2, 0) is 12.8 Å². The van der Waals surface area contributed by atoms with Gasteiger partial charge in [0.25, 0.3) is 0 Å². The third-order valence-electron chi connectivity index (χ3n) is 3.77. The Morgan fingerprint density at radius 2 is 2.06 bits per heavy atom. The summed E-state index contributed by atoms with van der Waals surface area (Å²) in [4.78, 5) is 0. The molecule has 0 aliphatic heterocycles. The molecule has 2 heteroatoms. The Morgan fingerprint density at radius 1 is 1.29 bits per heavy atom. The van der Waals surface area contributed by atoms with Crippen molar-refractivity contribution in [1.82, 2.24) is 5.32 Å². The maximum absolute atomic E-state index is 6.02. The van der Waals surface area contributed by atoms with E-state index in [4.69, 9.17) is 4.74 Å². The fourth-order valence-electron chi connectivity index (χ4n) is 2.69. The second kappa shape index (κ2) is 5.54. The van der Waals surface area contributed by atoms with E-state index < -0.39 is 0 Å². The topological polar surface area (TPSA) is 21.3 Å². The number of hydrogen-bond acceptors (Lipinski definition) is 2. The van der Waals surface area contributed by atoms with Crippen molar-refractivity contribution in [3.8, 4) is 5.75 Å². The molecule has 0 radical (unpaired) electrons. The van der Waals surface area contributed by atoms with E-state index in [0.29, 0.717) is 6.04 Å². The molecule has 1 aliphatic carbocycles. The highest BCUT2D eigenvalue weighted by atomic mass is 16.5. The van der Waals surface area contributed by atoms with Gasteiger partial charge in [-0.3, -0.25) is 0 Å². The summed E-state index contributed by atoms with van der Waals surface area (Å²) in [6.07, 6.45) is 5.04. The summed E-state index contributed by atoms with van der Waals surface area (Å²) < 4.78 is 6.02. The molecule has 1 aromatic carbocycles. The van der Waals surface area contributed by atoms with E-state index in [2.05, 4.69) is 37.4 Å². The van der Waals surface area contributed by atoms with Crippen LogP contribution in [0.2, 0.25) is 0 Å². The van der Waals surface area contributed by atoms with Gasteiger partial charge < -0.3 is 10.1 Å². The number of fused-ring (bicyclic) bond motifs is 1. The summed E-state index contributed by atoms with van der Waals surface area (Å²) in [6.45, 7) is 4.32. The fourth-order valence-corrected chi connectivity index (χ4v) is 2.69. The number of rotatable bonds is 5. The van der Waals surface area contributed by atoms with E-state index in [9.17, 15) is 0 Å². The van der Waals surface area contributed by atoms with Crippen LogP contribution in [0.3, 0.4) is 0 Å². The highest BCUT2D eigenvalue weighted by Crippen LogP contribution is 2.26. The lowest BCUT2D eigenvalue weighted by Gasteiger charge is -2.23. The number of hydrogen-bond donors (Lipinski definition) is 1. The van der Waals surface area contributed by atoms with Gasteiger partial charge in [0, 0.05) is 6.04 Å². The van der Waals surface area contributed by atoms with Crippen molar-refractivity contribution in [3.05, 3.63) is 29.3 Å². The highest BCUT2D eigenvalue weighted by molar-refractivity contribution is 5.38. The van der Waals surface area contributed by atoms with Gasteiger partial charge in [0.2, 0.25) is 0 Å². The quantitative estimate of drug-likeness (QED) is 0.844. The molecule has 2 atom stereocenters. The van der Waals surface area contributed by atoms with Crippen LogP contribution in [0, 0.1) is 0 Å². The van der Waals surface area contributed by atoms with Crippen molar-refractivity contribution in [1.29, 1.82) is 0 Å². The first-order valence-corrected chi connectivity index (χ1v) is 6.70. The zero-order valence-electron chi connectivity index (χ0n) is 11.1. The normalized spacial score (nSPS) is 17.6. The van der Waals surface area contributed by atoms with E-state index in [1.54, 1.807) is 0 Å². The van der Waals surface area contributed by atoms with Gasteiger partial charge in [-0.05, 0) is 62.9 Å². The summed E-state index contributed by atoms with van der Waals surface area (Å²) in [7, 11) is 2.00. The standard InChI is InChI=1S/C15H23NO/c1-4-15(16-3)11(2)17-14-9-8-12-6-5-7-13(12)10-14/h8-11,15-16H,4-7H2,1-3H3. The molecule has 17 heavy (non-hydrogen) atoms. The van der Waals surface area contributed by atoms with Crippen molar-refractivity contribution in [2.45, 2.75) is 51.7 Å². The molecule has 0 spiro atoms. The Kier molecular flexibility index (Phi) is 4.06. The number of aryl methyl sites for hydroxylation is 2. The molecule has 1 N–H and O–H groups in total. The molecular formula is C15H23NO. The molecule has 2 rings (SSSR count). The minimum atomic E-state index is 0.212. The van der Waals surface area contributed by atoms with Gasteiger partial charge in [-0.25, -0.2) is 0 Å². The second-order valence-electron chi connectivity index (χ2n) is 4.91. The minimum absolute atomic E-state index is 0.212. The molecule has 0 heterocycles. The predicted molar refractivity (Wildman–Crippen MR) is 71.7 cm³/mol. The van der Waals surface area contributed by atoms with Crippen LogP contribution in [0.15, 0.2) is 18.2 Å². The molecule has 0 bridgehead atoms. The lowest BCUT2D eigenvalue weighted by molar-refractivity contribution is 0.172. The van der Waals surface area contributed by atoms with Crippen LogP contribution in [0.5, 0.6) is 5.75 Å². The molecular weight excluding hydrogens is 210 g/mol. The van der Waals surface area contributed by atoms with Gasteiger partial charge in [-0.2, -0.15) is 0 Å². The SMILES string of the molecule is CCC(NC)C(C)Oc1ccc2c(c1)CCC2. The lowest BCUT2D eigenvalue weighted by atomic mass is 10.1. The Hall–Kier alpha value is -1.02. The molecule has 2 unspecified atom stereocenters. The summed E-state index contributed by atoms with van der Waals surface area (Å²) in [5.41, 5.74) is 2.98. The maximum atomic E-state index is 6.02. The van der Waals surface area contributed by atoms with Crippen LogP contribution < -0.4 is 10.1 Å². The van der Waals surface area contributed by atoms with Crippen molar-refractivity contribution in [2.24, 2.45) is 0 Å².